The van der Waals surface area contributed by atoms with Crippen LogP contribution in [0.3, 0.4) is 0 Å². The number of fused-ring (bicyclic) bond motifs is 3. The summed E-state index contributed by atoms with van der Waals surface area (Å²) in [6.07, 6.45) is 3.79. The van der Waals surface area contributed by atoms with Gasteiger partial charge in [-0.15, -0.1) is 11.3 Å². The lowest BCUT2D eigenvalue weighted by molar-refractivity contribution is -0.137. The van der Waals surface area contributed by atoms with Crippen molar-refractivity contribution in [2.75, 3.05) is 5.73 Å². The minimum Gasteiger partial charge on any atom is -0.374 e. The first-order valence-electron chi connectivity index (χ1n) is 14.5. The van der Waals surface area contributed by atoms with Crippen LogP contribution < -0.4 is 16.8 Å². The Bertz CT molecular complexity index is 1620. The highest BCUT2D eigenvalue weighted by Crippen LogP contribution is 2.36. The van der Waals surface area contributed by atoms with Gasteiger partial charge >= 0.3 is 0 Å². The zero-order valence-electron chi connectivity index (χ0n) is 23.0. The molecule has 0 spiro atoms. The number of imidazole rings is 1. The van der Waals surface area contributed by atoms with Gasteiger partial charge in [0.05, 0.1) is 34.0 Å². The minimum atomic E-state index is -0.819. The van der Waals surface area contributed by atoms with E-state index in [1.165, 1.54) is 11.3 Å². The Morgan fingerprint density at radius 1 is 1.12 bits per heavy atom. The van der Waals surface area contributed by atoms with Crippen LogP contribution in [0.25, 0.3) is 10.2 Å². The Balaban J connectivity index is 1.11. The third-order valence-corrected chi connectivity index (χ3v) is 10.2. The van der Waals surface area contributed by atoms with Crippen molar-refractivity contribution in [1.82, 2.24) is 25.1 Å². The Hall–Kier alpha value is -4.03. The monoisotopic (exact) mass is 581 g/mol. The lowest BCUT2D eigenvalue weighted by atomic mass is 9.50. The van der Waals surface area contributed by atoms with Crippen molar-refractivity contribution in [3.05, 3.63) is 76.6 Å². The van der Waals surface area contributed by atoms with Gasteiger partial charge in [0, 0.05) is 5.69 Å². The van der Waals surface area contributed by atoms with E-state index < -0.39 is 18.1 Å². The van der Waals surface area contributed by atoms with E-state index in [0.29, 0.717) is 30.2 Å². The van der Waals surface area contributed by atoms with Gasteiger partial charge in [-0.25, -0.2) is 9.97 Å². The van der Waals surface area contributed by atoms with E-state index in [9.17, 15) is 14.4 Å². The lowest BCUT2D eigenvalue weighted by Gasteiger charge is -2.40. The molecule has 3 aliphatic rings. The predicted octanol–water partition coefficient (Wildman–Crippen LogP) is 2.48. The number of hydrogen-bond donors (Lipinski definition) is 4. The molecule has 2 aromatic carbocycles. The van der Waals surface area contributed by atoms with Crippen LogP contribution >= 0.6 is 11.3 Å². The topological polar surface area (TPSA) is 160 Å². The molecule has 214 valence electrons. The van der Waals surface area contributed by atoms with Crippen molar-refractivity contribution in [3.63, 3.8) is 0 Å². The number of carbonyl (C=O) groups is 3. The number of aromatic amines is 1. The SMILES string of the molecule is Nc1nc2c([nH]1)CC([C@H](NC(=O)[C@@H]1CCB3C[C@@H](Cc4ccccc4)[C@H](N)C(=O)N31)C(=O)c1nc3ccccc3s1)C2. The summed E-state index contributed by atoms with van der Waals surface area (Å²) < 4.78 is 0.911. The number of Topliss-reactive ketones (excluding diaryl/α,β-unsaturated/α-hetero) is 1. The number of nitrogens with one attached hydrogen (secondary N) is 2. The number of hydrogen-bond acceptors (Lipinski definition) is 8. The highest BCUT2D eigenvalue weighted by molar-refractivity contribution is 7.20. The number of para-hydroxylation sites is 1. The molecule has 2 aromatic heterocycles. The second kappa shape index (κ2) is 10.7. The van der Waals surface area contributed by atoms with Crippen molar-refractivity contribution in [1.29, 1.82) is 0 Å². The molecule has 2 aliphatic heterocycles. The van der Waals surface area contributed by atoms with E-state index in [2.05, 4.69) is 32.4 Å². The van der Waals surface area contributed by atoms with Gasteiger partial charge in [0.2, 0.25) is 17.6 Å². The first-order chi connectivity index (χ1) is 20.4. The molecule has 4 heterocycles. The number of benzene rings is 2. The van der Waals surface area contributed by atoms with E-state index >= 15 is 0 Å². The third-order valence-electron chi connectivity index (χ3n) is 9.13. The van der Waals surface area contributed by atoms with E-state index in [4.69, 9.17) is 11.5 Å². The maximum atomic E-state index is 14.0. The summed E-state index contributed by atoms with van der Waals surface area (Å²) in [5, 5.41) is 3.43. The van der Waals surface area contributed by atoms with Gasteiger partial charge in [-0.3, -0.25) is 14.4 Å². The number of H-pyrrole nitrogens is 1. The van der Waals surface area contributed by atoms with Gasteiger partial charge in [-0.05, 0) is 61.5 Å². The summed E-state index contributed by atoms with van der Waals surface area (Å²) in [5.41, 5.74) is 15.9. The fraction of sp³-hybridized carbons (Fsp3) is 0.367. The van der Waals surface area contributed by atoms with Crippen molar-refractivity contribution in [3.8, 4) is 0 Å². The van der Waals surface area contributed by atoms with Crippen molar-refractivity contribution >= 4 is 51.9 Å². The number of rotatable bonds is 7. The van der Waals surface area contributed by atoms with Gasteiger partial charge in [-0.1, -0.05) is 48.8 Å². The normalized spacial score (nSPS) is 22.8. The van der Waals surface area contributed by atoms with Gasteiger partial charge in [0.25, 0.3) is 6.85 Å². The highest BCUT2D eigenvalue weighted by Gasteiger charge is 2.51. The van der Waals surface area contributed by atoms with Crippen LogP contribution in [0.5, 0.6) is 0 Å². The molecule has 12 heteroatoms. The summed E-state index contributed by atoms with van der Waals surface area (Å²) in [5.74, 6) is -0.583. The number of thiazole rings is 1. The number of nitrogens with two attached hydrogens (primary N) is 2. The first-order valence-corrected chi connectivity index (χ1v) is 15.3. The maximum absolute atomic E-state index is 14.0. The molecular weight excluding hydrogens is 549 g/mol. The molecule has 1 aliphatic carbocycles. The fourth-order valence-corrected chi connectivity index (χ4v) is 8.03. The fourth-order valence-electron chi connectivity index (χ4n) is 7.08. The van der Waals surface area contributed by atoms with Crippen LogP contribution in [-0.4, -0.2) is 62.3 Å². The standard InChI is InChI=1S/C30H32BN7O3S/c32-24-18(12-16-6-2-1-3-7-16)15-31-11-10-22(38(31)29(24)41)27(40)37-25(17-13-20-21(14-17)36-30(33)35-20)26(39)28-34-19-8-4-5-9-23(19)42-28/h1-9,17-18,22,24-25H,10-15,32H2,(H,37,40)(H3,33,35,36)/t18-,22+,24+,25+/m1/s1. The molecule has 0 bridgehead atoms. The minimum absolute atomic E-state index is 0.0174. The van der Waals surface area contributed by atoms with Crippen LogP contribution in [0, 0.1) is 11.8 Å². The zero-order valence-corrected chi connectivity index (χ0v) is 23.8. The average Bonchev–Trinajstić information content (AvgIpc) is 3.76. The molecule has 42 heavy (non-hydrogen) atoms. The van der Waals surface area contributed by atoms with Crippen LogP contribution in [-0.2, 0) is 28.9 Å². The quantitative estimate of drug-likeness (QED) is 0.193. The Kier molecular flexibility index (Phi) is 6.82. The summed E-state index contributed by atoms with van der Waals surface area (Å²) in [6.45, 7) is -0.0429. The molecule has 2 amide bonds. The molecule has 7 rings (SSSR count). The van der Waals surface area contributed by atoms with Crippen LogP contribution in [0.15, 0.2) is 54.6 Å². The molecule has 0 saturated carbocycles. The van der Waals surface area contributed by atoms with Gasteiger partial charge in [0.15, 0.2) is 11.0 Å². The van der Waals surface area contributed by atoms with Crippen molar-refractivity contribution < 1.29 is 14.4 Å². The van der Waals surface area contributed by atoms with Crippen molar-refractivity contribution in [2.45, 2.75) is 56.4 Å². The van der Waals surface area contributed by atoms with E-state index in [1.807, 2.05) is 42.5 Å². The summed E-state index contributed by atoms with van der Waals surface area (Å²) in [7, 11) is 0. The molecule has 2 saturated heterocycles. The van der Waals surface area contributed by atoms with Gasteiger partial charge in [-0.2, -0.15) is 0 Å². The number of amides is 2. The summed E-state index contributed by atoms with van der Waals surface area (Å²) >= 11 is 1.32. The second-order valence-corrected chi connectivity index (χ2v) is 12.8. The number of carbonyl (C=O) groups excluding carboxylic acids is 3. The molecule has 10 nitrogen and oxygen atoms in total. The van der Waals surface area contributed by atoms with E-state index in [-0.39, 0.29) is 36.3 Å². The lowest BCUT2D eigenvalue weighted by Crippen LogP contribution is -2.62. The smallest absolute Gasteiger partial charge is 0.259 e. The summed E-state index contributed by atoms with van der Waals surface area (Å²) in [6, 6.07) is 15.5. The largest absolute Gasteiger partial charge is 0.374 e. The Morgan fingerprint density at radius 2 is 1.90 bits per heavy atom. The molecule has 1 unspecified atom stereocenters. The number of nitrogens with zero attached hydrogens (tertiary/aromatic N) is 3. The van der Waals surface area contributed by atoms with Gasteiger partial charge < -0.3 is 26.6 Å². The summed E-state index contributed by atoms with van der Waals surface area (Å²) in [4.78, 5) is 55.2. The number of aromatic nitrogens is 3. The van der Waals surface area contributed by atoms with Crippen LogP contribution in [0.1, 0.15) is 33.2 Å². The highest BCUT2D eigenvalue weighted by atomic mass is 32.1. The van der Waals surface area contributed by atoms with Crippen LogP contribution in [0.2, 0.25) is 12.6 Å². The molecule has 2 fully saturated rings. The Labute approximate surface area is 247 Å². The molecule has 6 N–H and O–H groups in total. The predicted molar refractivity (Wildman–Crippen MR) is 162 cm³/mol. The third kappa shape index (κ3) is 4.78. The molecular formula is C30H32BN7O3S. The molecule has 4 aromatic rings. The second-order valence-electron chi connectivity index (χ2n) is 11.8. The molecule has 0 radical (unpaired) electrons. The maximum Gasteiger partial charge on any atom is 0.259 e. The van der Waals surface area contributed by atoms with Gasteiger partial charge in [0.1, 0.15) is 0 Å². The van der Waals surface area contributed by atoms with E-state index in [1.54, 1.807) is 4.81 Å². The number of anilines is 1. The number of nitrogen functional groups attached to an aromatic ring is 1. The average molecular weight is 582 g/mol. The van der Waals surface area contributed by atoms with Crippen molar-refractivity contribution in [2.24, 2.45) is 17.6 Å². The van der Waals surface area contributed by atoms with Crippen LogP contribution in [0.4, 0.5) is 5.95 Å². The Morgan fingerprint density at radius 3 is 2.69 bits per heavy atom. The first kappa shape index (κ1) is 26.8. The zero-order chi connectivity index (χ0) is 29.0. The van der Waals surface area contributed by atoms with E-state index in [0.717, 1.165) is 46.2 Å². The molecule has 5 atom stereocenters. The number of ketones is 1.